The van der Waals surface area contributed by atoms with Crippen molar-refractivity contribution in [3.05, 3.63) is 102 Å². The summed E-state index contributed by atoms with van der Waals surface area (Å²) in [5.41, 5.74) is 3.40. The Morgan fingerprint density at radius 1 is 0.815 bits per heavy atom. The van der Waals surface area contributed by atoms with Crippen molar-refractivity contribution in [2.45, 2.75) is 6.92 Å². The van der Waals surface area contributed by atoms with Crippen molar-refractivity contribution in [3.8, 4) is 16.9 Å². The normalized spacial score (nSPS) is 10.7. The molecule has 0 aliphatic carbocycles. The zero-order chi connectivity index (χ0) is 18.6. The first-order valence-corrected chi connectivity index (χ1v) is 9.12. The molecule has 0 aliphatic heterocycles. The topological polar surface area (TPSA) is 26.3 Å². The highest BCUT2D eigenvalue weighted by Gasteiger charge is 2.17. The third-order valence-corrected chi connectivity index (χ3v) is 4.65. The van der Waals surface area contributed by atoms with E-state index in [1.165, 1.54) is 0 Å². The van der Waals surface area contributed by atoms with Gasteiger partial charge in [-0.25, -0.2) is 0 Å². The minimum atomic E-state index is 0.0326. The van der Waals surface area contributed by atoms with Crippen LogP contribution < -0.4 is 4.74 Å². The van der Waals surface area contributed by atoms with Crippen LogP contribution in [0.3, 0.4) is 0 Å². The minimum Gasteiger partial charge on any atom is -0.494 e. The number of benzene rings is 4. The second-order valence-corrected chi connectivity index (χ2v) is 6.37. The van der Waals surface area contributed by atoms with Gasteiger partial charge in [-0.3, -0.25) is 4.79 Å². The summed E-state index contributed by atoms with van der Waals surface area (Å²) in [6, 6.07) is 29.5. The molecule has 0 amide bonds. The molecule has 0 aromatic heterocycles. The smallest absolute Gasteiger partial charge is 0.193 e. The Hall–Kier alpha value is -3.39. The molecule has 2 nitrogen and oxygen atoms in total. The molecule has 0 atom stereocenters. The van der Waals surface area contributed by atoms with E-state index < -0.39 is 0 Å². The van der Waals surface area contributed by atoms with Crippen LogP contribution in [0.4, 0.5) is 0 Å². The first kappa shape index (κ1) is 17.0. The number of ether oxygens (including phenoxy) is 1. The Kier molecular flexibility index (Phi) is 4.71. The SMILES string of the molecule is CCOc1ccc2c(-c3ccccc3)c(C(=O)c3ccccc3)ccc2c1. The molecule has 27 heavy (non-hydrogen) atoms. The monoisotopic (exact) mass is 352 g/mol. The van der Waals surface area contributed by atoms with Crippen LogP contribution in [0.2, 0.25) is 0 Å². The number of carbonyl (C=O) groups excluding carboxylic acids is 1. The first-order valence-electron chi connectivity index (χ1n) is 9.12. The van der Waals surface area contributed by atoms with Crippen LogP contribution in [-0.4, -0.2) is 12.4 Å². The number of ketones is 1. The Bertz CT molecular complexity index is 1080. The van der Waals surface area contributed by atoms with E-state index in [0.29, 0.717) is 17.7 Å². The van der Waals surface area contributed by atoms with Gasteiger partial charge in [-0.05, 0) is 41.5 Å². The van der Waals surface area contributed by atoms with Gasteiger partial charge in [0.05, 0.1) is 6.61 Å². The number of rotatable bonds is 5. The number of hydrogen-bond acceptors (Lipinski definition) is 2. The predicted molar refractivity (Wildman–Crippen MR) is 110 cm³/mol. The van der Waals surface area contributed by atoms with Crippen LogP contribution >= 0.6 is 0 Å². The van der Waals surface area contributed by atoms with E-state index in [-0.39, 0.29) is 5.78 Å². The van der Waals surface area contributed by atoms with Gasteiger partial charge in [0.25, 0.3) is 0 Å². The molecule has 0 fully saturated rings. The summed E-state index contributed by atoms with van der Waals surface area (Å²) >= 11 is 0. The zero-order valence-corrected chi connectivity index (χ0v) is 15.2. The molecule has 2 heteroatoms. The van der Waals surface area contributed by atoms with Crippen molar-refractivity contribution in [2.75, 3.05) is 6.61 Å². The molecule has 132 valence electrons. The van der Waals surface area contributed by atoms with Crippen molar-refractivity contribution in [1.29, 1.82) is 0 Å². The average molecular weight is 352 g/mol. The van der Waals surface area contributed by atoms with Gasteiger partial charge in [0, 0.05) is 16.7 Å². The lowest BCUT2D eigenvalue weighted by Gasteiger charge is -2.14. The molecule has 4 rings (SSSR count). The van der Waals surface area contributed by atoms with E-state index in [2.05, 4.69) is 0 Å². The molecule has 4 aromatic carbocycles. The van der Waals surface area contributed by atoms with Crippen molar-refractivity contribution in [3.63, 3.8) is 0 Å². The molecule has 0 aliphatic rings. The maximum Gasteiger partial charge on any atom is 0.193 e. The second kappa shape index (κ2) is 7.46. The molecule has 0 saturated heterocycles. The van der Waals surface area contributed by atoms with Crippen molar-refractivity contribution in [1.82, 2.24) is 0 Å². The zero-order valence-electron chi connectivity index (χ0n) is 15.2. The highest BCUT2D eigenvalue weighted by atomic mass is 16.5. The highest BCUT2D eigenvalue weighted by Crippen LogP contribution is 2.35. The lowest BCUT2D eigenvalue weighted by atomic mass is 9.89. The third kappa shape index (κ3) is 3.34. The number of hydrogen-bond donors (Lipinski definition) is 0. The van der Waals surface area contributed by atoms with Gasteiger partial charge in [-0.15, -0.1) is 0 Å². The molecule has 4 aromatic rings. The van der Waals surface area contributed by atoms with Crippen LogP contribution in [0.25, 0.3) is 21.9 Å². The average Bonchev–Trinajstić information content (AvgIpc) is 2.74. The largest absolute Gasteiger partial charge is 0.494 e. The fourth-order valence-corrected chi connectivity index (χ4v) is 3.41. The molecular formula is C25H20O2. The molecule has 0 saturated carbocycles. The summed E-state index contributed by atoms with van der Waals surface area (Å²) in [4.78, 5) is 13.2. The van der Waals surface area contributed by atoms with Gasteiger partial charge in [0.15, 0.2) is 5.78 Å². The fourth-order valence-electron chi connectivity index (χ4n) is 3.41. The molecule has 0 radical (unpaired) electrons. The fraction of sp³-hybridized carbons (Fsp3) is 0.0800. The van der Waals surface area contributed by atoms with E-state index in [1.54, 1.807) is 0 Å². The van der Waals surface area contributed by atoms with E-state index in [1.807, 2.05) is 97.9 Å². The summed E-state index contributed by atoms with van der Waals surface area (Å²) < 4.78 is 5.64. The summed E-state index contributed by atoms with van der Waals surface area (Å²) in [7, 11) is 0. The van der Waals surface area contributed by atoms with Gasteiger partial charge in [-0.1, -0.05) is 72.8 Å². The van der Waals surface area contributed by atoms with Gasteiger partial charge in [-0.2, -0.15) is 0 Å². The maximum atomic E-state index is 13.2. The second-order valence-electron chi connectivity index (χ2n) is 6.37. The standard InChI is InChI=1S/C25H20O2/c1-2-27-21-14-16-22-20(17-21)13-15-23(24(22)18-9-5-3-6-10-18)25(26)19-11-7-4-8-12-19/h3-17H,2H2,1H3. The van der Waals surface area contributed by atoms with Crippen molar-refractivity contribution < 1.29 is 9.53 Å². The molecule has 0 heterocycles. The van der Waals surface area contributed by atoms with Crippen LogP contribution in [-0.2, 0) is 0 Å². The predicted octanol–water partition coefficient (Wildman–Crippen LogP) is 6.14. The van der Waals surface area contributed by atoms with Crippen molar-refractivity contribution >= 4 is 16.6 Å². The van der Waals surface area contributed by atoms with Crippen LogP contribution in [0.1, 0.15) is 22.8 Å². The van der Waals surface area contributed by atoms with E-state index in [0.717, 1.165) is 27.6 Å². The van der Waals surface area contributed by atoms with Gasteiger partial charge in [0.2, 0.25) is 0 Å². The van der Waals surface area contributed by atoms with Crippen LogP contribution in [0.5, 0.6) is 5.75 Å². The van der Waals surface area contributed by atoms with Gasteiger partial charge in [0.1, 0.15) is 5.75 Å². The molecule has 0 unspecified atom stereocenters. The van der Waals surface area contributed by atoms with Gasteiger partial charge >= 0.3 is 0 Å². The van der Waals surface area contributed by atoms with E-state index in [9.17, 15) is 4.79 Å². The lowest BCUT2D eigenvalue weighted by molar-refractivity contribution is 0.103. The highest BCUT2D eigenvalue weighted by molar-refractivity contribution is 6.17. The minimum absolute atomic E-state index is 0.0326. The number of fused-ring (bicyclic) bond motifs is 1. The Labute approximate surface area is 159 Å². The quantitative estimate of drug-likeness (QED) is 0.403. The Morgan fingerprint density at radius 3 is 2.22 bits per heavy atom. The molecule has 0 spiro atoms. The van der Waals surface area contributed by atoms with Crippen LogP contribution in [0.15, 0.2) is 91.0 Å². The summed E-state index contributed by atoms with van der Waals surface area (Å²) in [6.07, 6.45) is 0. The molecular weight excluding hydrogens is 332 g/mol. The maximum absolute atomic E-state index is 13.2. The molecule has 0 bridgehead atoms. The van der Waals surface area contributed by atoms with E-state index >= 15 is 0 Å². The van der Waals surface area contributed by atoms with E-state index in [4.69, 9.17) is 4.74 Å². The van der Waals surface area contributed by atoms with Gasteiger partial charge < -0.3 is 4.74 Å². The number of carbonyl (C=O) groups is 1. The first-order chi connectivity index (χ1) is 13.3. The molecule has 0 N–H and O–H groups in total. The Balaban J connectivity index is 1.96. The summed E-state index contributed by atoms with van der Waals surface area (Å²) in [6.45, 7) is 2.60. The van der Waals surface area contributed by atoms with Crippen molar-refractivity contribution in [2.24, 2.45) is 0 Å². The Morgan fingerprint density at radius 2 is 1.52 bits per heavy atom. The van der Waals surface area contributed by atoms with Crippen LogP contribution in [0, 0.1) is 0 Å². The third-order valence-electron chi connectivity index (χ3n) is 4.65. The summed E-state index contributed by atoms with van der Waals surface area (Å²) in [5, 5.41) is 2.11. The lowest BCUT2D eigenvalue weighted by Crippen LogP contribution is -2.04. The summed E-state index contributed by atoms with van der Waals surface area (Å²) in [5.74, 6) is 0.872.